The van der Waals surface area contributed by atoms with E-state index in [2.05, 4.69) is 27.1 Å². The zero-order valence-corrected chi connectivity index (χ0v) is 25.7. The standard InChI is InChI=1S/C33H36ClFN6O2/c1-20-23(7-5-8-24(20)26-12-11-21(33(38-26)43-4)17-41-16-13-22(35)18-41)25-9-6-10-27(30(25)34)37-32(42)31-36-28-19-39(2)15-14-29(28)40(31)3/h5-12,22H,13-19H2,1-4H3,(H,37,42)/t22-/m1/s1. The second-order valence-corrected chi connectivity index (χ2v) is 11.8. The minimum atomic E-state index is -0.773. The highest BCUT2D eigenvalue weighted by Gasteiger charge is 2.25. The summed E-state index contributed by atoms with van der Waals surface area (Å²) in [6.07, 6.45) is 0.649. The molecule has 2 aliphatic rings. The smallest absolute Gasteiger partial charge is 0.291 e. The van der Waals surface area contributed by atoms with Crippen molar-refractivity contribution >= 4 is 23.2 Å². The summed E-state index contributed by atoms with van der Waals surface area (Å²) in [6.45, 7) is 5.47. The largest absolute Gasteiger partial charge is 0.481 e. The molecular formula is C33H36ClFN6O2. The van der Waals surface area contributed by atoms with Crippen molar-refractivity contribution in [3.8, 4) is 28.3 Å². The summed E-state index contributed by atoms with van der Waals surface area (Å²) in [7, 11) is 5.55. The number of pyridine rings is 1. The van der Waals surface area contributed by atoms with Crippen LogP contribution < -0.4 is 10.1 Å². The Hall–Kier alpha value is -3.79. The van der Waals surface area contributed by atoms with E-state index in [1.54, 1.807) is 13.2 Å². The molecule has 4 aromatic rings. The van der Waals surface area contributed by atoms with Crippen LogP contribution in [-0.4, -0.2) is 70.2 Å². The number of imidazole rings is 1. The molecule has 0 spiro atoms. The highest BCUT2D eigenvalue weighted by molar-refractivity contribution is 6.36. The van der Waals surface area contributed by atoms with Gasteiger partial charge in [-0.1, -0.05) is 48.0 Å². The van der Waals surface area contributed by atoms with Gasteiger partial charge in [-0.25, -0.2) is 14.4 Å². The van der Waals surface area contributed by atoms with Crippen molar-refractivity contribution in [2.45, 2.75) is 39.0 Å². The predicted octanol–water partition coefficient (Wildman–Crippen LogP) is 5.90. The Bertz CT molecular complexity index is 1690. The molecule has 0 unspecified atom stereocenters. The zero-order chi connectivity index (χ0) is 30.2. The number of alkyl halides is 1. The maximum Gasteiger partial charge on any atom is 0.291 e. The van der Waals surface area contributed by atoms with Gasteiger partial charge in [0.05, 0.1) is 29.2 Å². The van der Waals surface area contributed by atoms with E-state index in [1.165, 1.54) is 0 Å². The topological polar surface area (TPSA) is 75.5 Å². The van der Waals surface area contributed by atoms with Gasteiger partial charge in [0.2, 0.25) is 5.88 Å². The van der Waals surface area contributed by atoms with Gasteiger partial charge in [0.25, 0.3) is 5.91 Å². The first-order valence-corrected chi connectivity index (χ1v) is 14.9. The number of rotatable bonds is 7. The third-order valence-electron chi connectivity index (χ3n) is 8.54. The number of benzene rings is 2. The first-order valence-electron chi connectivity index (χ1n) is 14.6. The molecule has 1 amide bonds. The lowest BCUT2D eigenvalue weighted by atomic mass is 9.94. The number of ether oxygens (including phenoxy) is 1. The second-order valence-electron chi connectivity index (χ2n) is 11.5. The lowest BCUT2D eigenvalue weighted by molar-refractivity contribution is 0.101. The molecule has 224 valence electrons. The van der Waals surface area contributed by atoms with Crippen LogP contribution in [0.1, 0.15) is 39.6 Å². The molecular weight excluding hydrogens is 567 g/mol. The Labute approximate surface area is 256 Å². The summed E-state index contributed by atoms with van der Waals surface area (Å²) in [4.78, 5) is 27.1. The molecule has 0 saturated carbocycles. The first kappa shape index (κ1) is 29.3. The molecule has 0 radical (unpaired) electrons. The molecule has 1 saturated heterocycles. The Balaban J connectivity index is 1.27. The number of hydrogen-bond donors (Lipinski definition) is 1. The number of amides is 1. The van der Waals surface area contributed by atoms with Crippen molar-refractivity contribution in [2.75, 3.05) is 39.1 Å². The van der Waals surface area contributed by atoms with Gasteiger partial charge in [0.1, 0.15) is 6.17 Å². The molecule has 1 fully saturated rings. The fourth-order valence-electron chi connectivity index (χ4n) is 6.17. The summed E-state index contributed by atoms with van der Waals surface area (Å²) in [6, 6.07) is 15.6. The van der Waals surface area contributed by atoms with E-state index in [4.69, 9.17) is 21.3 Å². The quantitative estimate of drug-likeness (QED) is 0.284. The van der Waals surface area contributed by atoms with Crippen molar-refractivity contribution in [2.24, 2.45) is 7.05 Å². The van der Waals surface area contributed by atoms with E-state index in [0.29, 0.717) is 41.9 Å². The van der Waals surface area contributed by atoms with E-state index < -0.39 is 6.17 Å². The normalized spacial score (nSPS) is 17.2. The highest BCUT2D eigenvalue weighted by atomic mass is 35.5. The summed E-state index contributed by atoms with van der Waals surface area (Å²) in [5.74, 6) is 0.615. The van der Waals surface area contributed by atoms with Gasteiger partial charge in [-0.3, -0.25) is 9.69 Å². The SMILES string of the molecule is COc1nc(-c2cccc(-c3cccc(NC(=O)c4nc5c(n4C)CCN(C)C5)c3Cl)c2C)ccc1CN1CC[C@@H](F)C1. The molecule has 8 nitrogen and oxygen atoms in total. The molecule has 0 bridgehead atoms. The van der Waals surface area contributed by atoms with Crippen LogP contribution in [-0.2, 0) is 26.6 Å². The predicted molar refractivity (Wildman–Crippen MR) is 167 cm³/mol. The van der Waals surface area contributed by atoms with Crippen LogP contribution in [0.5, 0.6) is 5.88 Å². The number of hydrogen-bond acceptors (Lipinski definition) is 6. The van der Waals surface area contributed by atoms with Gasteiger partial charge in [-0.05, 0) is 43.7 Å². The van der Waals surface area contributed by atoms with Gasteiger partial charge >= 0.3 is 0 Å². The minimum absolute atomic E-state index is 0.295. The van der Waals surface area contributed by atoms with Crippen LogP contribution in [0.25, 0.3) is 22.4 Å². The number of carbonyl (C=O) groups excluding carboxylic acids is 1. The first-order chi connectivity index (χ1) is 20.7. The van der Waals surface area contributed by atoms with Crippen LogP contribution >= 0.6 is 11.6 Å². The molecule has 0 aliphatic carbocycles. The van der Waals surface area contributed by atoms with Gasteiger partial charge in [0.15, 0.2) is 5.82 Å². The molecule has 1 N–H and O–H groups in total. The fourth-order valence-corrected chi connectivity index (χ4v) is 6.44. The maximum atomic E-state index is 13.7. The highest BCUT2D eigenvalue weighted by Crippen LogP contribution is 2.39. The van der Waals surface area contributed by atoms with Crippen molar-refractivity contribution in [3.63, 3.8) is 0 Å². The van der Waals surface area contributed by atoms with E-state index in [1.807, 2.05) is 61.0 Å². The molecule has 2 aliphatic heterocycles. The Morgan fingerprint density at radius 2 is 1.84 bits per heavy atom. The van der Waals surface area contributed by atoms with E-state index in [9.17, 15) is 9.18 Å². The van der Waals surface area contributed by atoms with E-state index in [-0.39, 0.29) is 5.91 Å². The number of carbonyl (C=O) groups is 1. The lowest BCUT2D eigenvalue weighted by Crippen LogP contribution is -2.27. The lowest BCUT2D eigenvalue weighted by Gasteiger charge is -2.21. The number of aromatic nitrogens is 3. The average molecular weight is 603 g/mol. The molecule has 10 heteroatoms. The number of methoxy groups -OCH3 is 1. The van der Waals surface area contributed by atoms with Crippen LogP contribution in [0.3, 0.4) is 0 Å². The number of likely N-dealkylation sites (tertiary alicyclic amines) is 1. The number of halogens is 2. The Morgan fingerprint density at radius 3 is 2.60 bits per heavy atom. The van der Waals surface area contributed by atoms with Crippen molar-refractivity contribution in [3.05, 3.63) is 81.9 Å². The molecule has 4 heterocycles. The number of nitrogens with one attached hydrogen (secondary N) is 1. The number of nitrogens with zero attached hydrogens (tertiary/aromatic N) is 5. The van der Waals surface area contributed by atoms with Gasteiger partial charge < -0.3 is 19.5 Å². The minimum Gasteiger partial charge on any atom is -0.481 e. The maximum absolute atomic E-state index is 13.7. The van der Waals surface area contributed by atoms with Crippen LogP contribution in [0.4, 0.5) is 10.1 Å². The molecule has 2 aromatic heterocycles. The average Bonchev–Trinajstić information content (AvgIpc) is 3.56. The van der Waals surface area contributed by atoms with Crippen LogP contribution in [0.2, 0.25) is 5.02 Å². The molecule has 1 atom stereocenters. The van der Waals surface area contributed by atoms with Crippen molar-refractivity contribution in [1.82, 2.24) is 24.3 Å². The van der Waals surface area contributed by atoms with Gasteiger partial charge in [-0.2, -0.15) is 0 Å². The Morgan fingerprint density at radius 1 is 1.07 bits per heavy atom. The monoisotopic (exact) mass is 602 g/mol. The molecule has 6 rings (SSSR count). The third kappa shape index (κ3) is 5.77. The molecule has 43 heavy (non-hydrogen) atoms. The van der Waals surface area contributed by atoms with Crippen LogP contribution in [0, 0.1) is 6.92 Å². The van der Waals surface area contributed by atoms with E-state index >= 15 is 0 Å². The Kier molecular flexibility index (Phi) is 8.22. The number of anilines is 1. The fraction of sp³-hybridized carbons (Fsp3) is 0.364. The summed E-state index contributed by atoms with van der Waals surface area (Å²) in [5.41, 5.74) is 7.94. The van der Waals surface area contributed by atoms with E-state index in [0.717, 1.165) is 71.0 Å². The second kappa shape index (κ2) is 12.1. The summed E-state index contributed by atoms with van der Waals surface area (Å²) in [5, 5.41) is 3.44. The van der Waals surface area contributed by atoms with Gasteiger partial charge in [-0.15, -0.1) is 0 Å². The summed E-state index contributed by atoms with van der Waals surface area (Å²) >= 11 is 6.95. The van der Waals surface area contributed by atoms with Gasteiger partial charge in [0, 0.05) is 68.6 Å². The zero-order valence-electron chi connectivity index (χ0n) is 25.0. The van der Waals surface area contributed by atoms with Crippen LogP contribution in [0.15, 0.2) is 48.5 Å². The van der Waals surface area contributed by atoms with Crippen molar-refractivity contribution in [1.29, 1.82) is 0 Å². The van der Waals surface area contributed by atoms with Crippen molar-refractivity contribution < 1.29 is 13.9 Å². The number of likely N-dealkylation sites (N-methyl/N-ethyl adjacent to an activating group) is 1. The molecule has 2 aromatic carbocycles. The third-order valence-corrected chi connectivity index (χ3v) is 8.94. The number of fused-ring (bicyclic) bond motifs is 1. The summed E-state index contributed by atoms with van der Waals surface area (Å²) < 4.78 is 21.2.